The van der Waals surface area contributed by atoms with Gasteiger partial charge in [-0.3, -0.25) is 4.79 Å². The molecule has 1 aromatic rings. The molecule has 0 aliphatic carbocycles. The molecule has 0 spiro atoms. The van der Waals surface area contributed by atoms with Gasteiger partial charge in [-0.25, -0.2) is 8.42 Å². The summed E-state index contributed by atoms with van der Waals surface area (Å²) in [5, 5.41) is 3.28. The largest absolute Gasteiger partial charge is 0.348 e. The number of carbonyl (C=O) groups excluding carboxylic acids is 1. The maximum atomic E-state index is 12.3. The second-order valence-electron chi connectivity index (χ2n) is 6.65. The molecular weight excluding hydrogens is 350 g/mol. The lowest BCUT2D eigenvalue weighted by molar-refractivity contribution is -0.124. The fourth-order valence-corrected chi connectivity index (χ4v) is 3.79. The van der Waals surface area contributed by atoms with Gasteiger partial charge in [0.2, 0.25) is 15.9 Å². The molecule has 2 unspecified atom stereocenters. The SMILES string of the molecule is CC(C)CC(C)(CN)NC(=O)C(C)NS(=O)(=O)c1ccc(Cl)cc1. The zero-order chi connectivity index (χ0) is 18.5. The lowest BCUT2D eigenvalue weighted by Gasteiger charge is -2.32. The number of hydrogen-bond donors (Lipinski definition) is 3. The predicted octanol–water partition coefficient (Wildman–Crippen LogP) is 1.89. The second kappa shape index (κ2) is 8.29. The van der Waals surface area contributed by atoms with E-state index in [9.17, 15) is 13.2 Å². The van der Waals surface area contributed by atoms with Crippen molar-refractivity contribution in [3.63, 3.8) is 0 Å². The molecule has 0 radical (unpaired) electrons. The number of nitrogens with one attached hydrogen (secondary N) is 2. The number of sulfonamides is 1. The zero-order valence-electron chi connectivity index (χ0n) is 14.5. The van der Waals surface area contributed by atoms with Gasteiger partial charge in [-0.05, 0) is 50.5 Å². The third-order valence-electron chi connectivity index (χ3n) is 3.58. The number of halogens is 1. The Kier molecular flexibility index (Phi) is 7.22. The highest BCUT2D eigenvalue weighted by atomic mass is 35.5. The van der Waals surface area contributed by atoms with Gasteiger partial charge in [-0.1, -0.05) is 25.4 Å². The fourth-order valence-electron chi connectivity index (χ4n) is 2.46. The van der Waals surface area contributed by atoms with E-state index in [0.29, 0.717) is 17.4 Å². The van der Waals surface area contributed by atoms with E-state index in [1.807, 2.05) is 20.8 Å². The van der Waals surface area contributed by atoms with E-state index in [1.54, 1.807) is 0 Å². The molecule has 0 aliphatic rings. The molecule has 1 amide bonds. The van der Waals surface area contributed by atoms with Crippen molar-refractivity contribution in [3.05, 3.63) is 29.3 Å². The van der Waals surface area contributed by atoms with Crippen LogP contribution in [0.3, 0.4) is 0 Å². The van der Waals surface area contributed by atoms with Crippen molar-refractivity contribution in [2.45, 2.75) is 50.6 Å². The van der Waals surface area contributed by atoms with Crippen LogP contribution in [0, 0.1) is 5.92 Å². The molecule has 0 aromatic heterocycles. The summed E-state index contributed by atoms with van der Waals surface area (Å²) < 4.78 is 27.0. The quantitative estimate of drug-likeness (QED) is 0.645. The van der Waals surface area contributed by atoms with Gasteiger partial charge >= 0.3 is 0 Å². The van der Waals surface area contributed by atoms with E-state index >= 15 is 0 Å². The number of nitrogens with two attached hydrogens (primary N) is 1. The van der Waals surface area contributed by atoms with Gasteiger partial charge in [0.1, 0.15) is 0 Å². The number of amides is 1. The summed E-state index contributed by atoms with van der Waals surface area (Å²) in [7, 11) is -3.81. The summed E-state index contributed by atoms with van der Waals surface area (Å²) in [4.78, 5) is 12.4. The molecule has 136 valence electrons. The first kappa shape index (κ1) is 20.9. The highest BCUT2D eigenvalue weighted by molar-refractivity contribution is 7.89. The zero-order valence-corrected chi connectivity index (χ0v) is 16.0. The van der Waals surface area contributed by atoms with E-state index in [2.05, 4.69) is 10.0 Å². The van der Waals surface area contributed by atoms with Crippen LogP contribution >= 0.6 is 11.6 Å². The second-order valence-corrected chi connectivity index (χ2v) is 8.80. The van der Waals surface area contributed by atoms with Crippen LogP contribution < -0.4 is 15.8 Å². The summed E-state index contributed by atoms with van der Waals surface area (Å²) in [6.07, 6.45) is 0.700. The first-order chi connectivity index (χ1) is 11.0. The van der Waals surface area contributed by atoms with Crippen molar-refractivity contribution >= 4 is 27.5 Å². The van der Waals surface area contributed by atoms with Gasteiger partial charge < -0.3 is 11.1 Å². The molecule has 4 N–H and O–H groups in total. The average molecular weight is 376 g/mol. The van der Waals surface area contributed by atoms with Gasteiger partial charge in [0, 0.05) is 17.1 Å². The standard InChI is InChI=1S/C16H26ClN3O3S/c1-11(2)9-16(4,10-18)19-15(21)12(3)20-24(22,23)14-7-5-13(17)6-8-14/h5-8,11-12,20H,9-10,18H2,1-4H3,(H,19,21). The monoisotopic (exact) mass is 375 g/mol. The van der Waals surface area contributed by atoms with E-state index < -0.39 is 27.5 Å². The van der Waals surface area contributed by atoms with Crippen molar-refractivity contribution in [1.82, 2.24) is 10.0 Å². The Morgan fingerprint density at radius 2 is 1.79 bits per heavy atom. The fraction of sp³-hybridized carbons (Fsp3) is 0.562. The van der Waals surface area contributed by atoms with Gasteiger partial charge in [0.15, 0.2) is 0 Å². The van der Waals surface area contributed by atoms with Gasteiger partial charge in [-0.2, -0.15) is 4.72 Å². The van der Waals surface area contributed by atoms with E-state index in [4.69, 9.17) is 17.3 Å². The summed E-state index contributed by atoms with van der Waals surface area (Å²) in [5.41, 5.74) is 5.19. The number of benzene rings is 1. The first-order valence-electron chi connectivity index (χ1n) is 7.79. The van der Waals surface area contributed by atoms with Gasteiger partial charge in [0.25, 0.3) is 0 Å². The van der Waals surface area contributed by atoms with Crippen LogP contribution in [-0.2, 0) is 14.8 Å². The molecule has 1 rings (SSSR count). The third kappa shape index (κ3) is 6.05. The molecular formula is C16H26ClN3O3S. The van der Waals surface area contributed by atoms with E-state index in [0.717, 1.165) is 0 Å². The first-order valence-corrected chi connectivity index (χ1v) is 9.65. The van der Waals surface area contributed by atoms with E-state index in [1.165, 1.54) is 31.2 Å². The number of carbonyl (C=O) groups is 1. The molecule has 0 bridgehead atoms. The molecule has 0 heterocycles. The van der Waals surface area contributed by atoms with Crippen LogP contribution in [0.15, 0.2) is 29.2 Å². The molecule has 0 saturated carbocycles. The Labute approximate surface area is 149 Å². The lowest BCUT2D eigenvalue weighted by Crippen LogP contribution is -2.57. The van der Waals surface area contributed by atoms with Crippen molar-refractivity contribution in [2.24, 2.45) is 11.7 Å². The highest BCUT2D eigenvalue weighted by Gasteiger charge is 2.29. The van der Waals surface area contributed by atoms with Crippen molar-refractivity contribution in [1.29, 1.82) is 0 Å². The van der Waals surface area contributed by atoms with Crippen LogP contribution in [0.25, 0.3) is 0 Å². The summed E-state index contributed by atoms with van der Waals surface area (Å²) >= 11 is 5.76. The Morgan fingerprint density at radius 3 is 2.25 bits per heavy atom. The van der Waals surface area contributed by atoms with E-state index in [-0.39, 0.29) is 11.4 Å². The molecule has 0 fully saturated rings. The maximum Gasteiger partial charge on any atom is 0.241 e. The molecule has 8 heteroatoms. The Bertz CT molecular complexity index is 662. The smallest absolute Gasteiger partial charge is 0.241 e. The van der Waals surface area contributed by atoms with Crippen molar-refractivity contribution in [3.8, 4) is 0 Å². The van der Waals surface area contributed by atoms with Gasteiger partial charge in [0.05, 0.1) is 10.9 Å². The Morgan fingerprint density at radius 1 is 1.25 bits per heavy atom. The average Bonchev–Trinajstić information content (AvgIpc) is 2.46. The molecule has 0 aliphatic heterocycles. The van der Waals surface area contributed by atoms with Crippen molar-refractivity contribution in [2.75, 3.05) is 6.54 Å². The minimum absolute atomic E-state index is 0.0512. The van der Waals surface area contributed by atoms with Crippen LogP contribution in [0.2, 0.25) is 5.02 Å². The molecule has 0 saturated heterocycles. The lowest BCUT2D eigenvalue weighted by atomic mass is 9.90. The summed E-state index contributed by atoms with van der Waals surface area (Å²) in [5.74, 6) is -0.0685. The summed E-state index contributed by atoms with van der Waals surface area (Å²) in [6.45, 7) is 7.69. The number of hydrogen-bond acceptors (Lipinski definition) is 4. The normalized spacial score (nSPS) is 15.8. The molecule has 6 nitrogen and oxygen atoms in total. The van der Waals surface area contributed by atoms with Crippen LogP contribution in [0.1, 0.15) is 34.1 Å². The third-order valence-corrected chi connectivity index (χ3v) is 5.39. The van der Waals surface area contributed by atoms with Crippen molar-refractivity contribution < 1.29 is 13.2 Å². The minimum atomic E-state index is -3.81. The highest BCUT2D eigenvalue weighted by Crippen LogP contribution is 2.16. The predicted molar refractivity (Wildman–Crippen MR) is 96.3 cm³/mol. The molecule has 1 aromatic carbocycles. The summed E-state index contributed by atoms with van der Waals surface area (Å²) in [6, 6.07) is 4.81. The molecule has 24 heavy (non-hydrogen) atoms. The molecule has 2 atom stereocenters. The maximum absolute atomic E-state index is 12.3. The minimum Gasteiger partial charge on any atom is -0.348 e. The van der Waals surface area contributed by atoms with Crippen LogP contribution in [0.5, 0.6) is 0 Å². The Balaban J connectivity index is 2.80. The Hall–Kier alpha value is -1.15. The van der Waals surface area contributed by atoms with Gasteiger partial charge in [-0.15, -0.1) is 0 Å². The van der Waals surface area contributed by atoms with Crippen LogP contribution in [0.4, 0.5) is 0 Å². The number of rotatable bonds is 8. The van der Waals surface area contributed by atoms with Crippen LogP contribution in [-0.4, -0.2) is 32.5 Å². The topological polar surface area (TPSA) is 101 Å².